The van der Waals surface area contributed by atoms with Crippen molar-refractivity contribution in [1.82, 2.24) is 9.96 Å². The van der Waals surface area contributed by atoms with Gasteiger partial charge in [0, 0.05) is 25.2 Å². The third-order valence-corrected chi connectivity index (χ3v) is 4.10. The van der Waals surface area contributed by atoms with Crippen molar-refractivity contribution in [3.05, 3.63) is 23.8 Å². The molecule has 1 saturated heterocycles. The van der Waals surface area contributed by atoms with E-state index in [0.29, 0.717) is 6.61 Å². The molecule has 0 saturated carbocycles. The molecule has 126 valence electrons. The number of benzene rings is 1. The lowest BCUT2D eigenvalue weighted by Gasteiger charge is -2.28. The van der Waals surface area contributed by atoms with Crippen molar-refractivity contribution in [2.75, 3.05) is 46.6 Å². The Morgan fingerprint density at radius 3 is 2.96 bits per heavy atom. The summed E-state index contributed by atoms with van der Waals surface area (Å²) in [5.41, 5.74) is 7.91. The molecule has 7 heteroatoms. The van der Waals surface area contributed by atoms with Crippen LogP contribution in [-0.2, 0) is 9.57 Å². The molecule has 0 radical (unpaired) electrons. The summed E-state index contributed by atoms with van der Waals surface area (Å²) in [5.74, 6) is 0.814. The summed E-state index contributed by atoms with van der Waals surface area (Å²) in [5, 5.41) is 1.52. The van der Waals surface area contributed by atoms with Crippen LogP contribution in [0.4, 0.5) is 5.69 Å². The predicted molar refractivity (Wildman–Crippen MR) is 87.7 cm³/mol. The highest BCUT2D eigenvalue weighted by Gasteiger charge is 2.21. The number of aliphatic imine (C=N–C) groups is 1. The highest BCUT2D eigenvalue weighted by Crippen LogP contribution is 2.32. The first-order chi connectivity index (χ1) is 11.3. The Morgan fingerprint density at radius 1 is 1.35 bits per heavy atom. The number of morpholine rings is 1. The van der Waals surface area contributed by atoms with Gasteiger partial charge in [-0.05, 0) is 24.6 Å². The first-order valence-electron chi connectivity index (χ1n) is 7.97. The summed E-state index contributed by atoms with van der Waals surface area (Å²) in [6, 6.07) is 5.80. The molecule has 2 aliphatic heterocycles. The van der Waals surface area contributed by atoms with Crippen molar-refractivity contribution in [1.29, 1.82) is 0 Å². The molecule has 0 bridgehead atoms. The third kappa shape index (κ3) is 4.00. The Hall–Kier alpha value is -1.67. The lowest BCUT2D eigenvalue weighted by Crippen LogP contribution is -2.37. The zero-order chi connectivity index (χ0) is 16.1. The summed E-state index contributed by atoms with van der Waals surface area (Å²) >= 11 is 0. The standard InChI is InChI=1S/C16H24N4O3/c1-21-20-12-18-15-4-3-13(11-14(15)16(20)17)23-8-2-5-19-6-9-22-10-7-19/h3-4,11-12,16H,2,5-10,17H2,1H3. The second kappa shape index (κ2) is 7.74. The van der Waals surface area contributed by atoms with E-state index in [1.54, 1.807) is 13.4 Å². The van der Waals surface area contributed by atoms with Gasteiger partial charge in [-0.2, -0.15) is 0 Å². The highest BCUT2D eigenvalue weighted by atomic mass is 16.7. The number of hydroxylamine groups is 2. The Morgan fingerprint density at radius 2 is 2.17 bits per heavy atom. The van der Waals surface area contributed by atoms with Crippen LogP contribution in [0.25, 0.3) is 0 Å². The Balaban J connectivity index is 1.51. The quantitative estimate of drug-likeness (QED) is 0.796. The number of ether oxygens (including phenoxy) is 2. The number of hydrogen-bond acceptors (Lipinski definition) is 7. The lowest BCUT2D eigenvalue weighted by atomic mass is 10.1. The molecule has 1 atom stereocenters. The van der Waals surface area contributed by atoms with Crippen molar-refractivity contribution < 1.29 is 14.3 Å². The largest absolute Gasteiger partial charge is 0.494 e. The van der Waals surface area contributed by atoms with Crippen LogP contribution in [0, 0.1) is 0 Å². The predicted octanol–water partition coefficient (Wildman–Crippen LogP) is 1.28. The van der Waals surface area contributed by atoms with Crippen LogP contribution in [0.5, 0.6) is 5.75 Å². The first kappa shape index (κ1) is 16.2. The Bertz CT molecular complexity index is 546. The molecule has 1 fully saturated rings. The fraction of sp³-hybridized carbons (Fsp3) is 0.562. The average Bonchev–Trinajstić information content (AvgIpc) is 2.60. The van der Waals surface area contributed by atoms with E-state index in [1.165, 1.54) is 5.06 Å². The van der Waals surface area contributed by atoms with Crippen molar-refractivity contribution in [2.24, 2.45) is 10.7 Å². The van der Waals surface area contributed by atoms with Crippen LogP contribution in [0.2, 0.25) is 0 Å². The van der Waals surface area contributed by atoms with Crippen LogP contribution in [0.3, 0.4) is 0 Å². The number of rotatable bonds is 6. The normalized spacial score (nSPS) is 21.3. The van der Waals surface area contributed by atoms with Gasteiger partial charge >= 0.3 is 0 Å². The van der Waals surface area contributed by atoms with Crippen LogP contribution >= 0.6 is 0 Å². The van der Waals surface area contributed by atoms with Gasteiger partial charge in [0.2, 0.25) is 0 Å². The van der Waals surface area contributed by atoms with E-state index in [1.807, 2.05) is 18.2 Å². The van der Waals surface area contributed by atoms with Crippen molar-refractivity contribution in [3.8, 4) is 5.75 Å². The highest BCUT2D eigenvalue weighted by molar-refractivity contribution is 5.68. The number of hydrogen-bond donors (Lipinski definition) is 1. The van der Waals surface area contributed by atoms with E-state index in [2.05, 4.69) is 9.89 Å². The van der Waals surface area contributed by atoms with Crippen LogP contribution in [0.15, 0.2) is 23.2 Å². The van der Waals surface area contributed by atoms with E-state index < -0.39 is 0 Å². The zero-order valence-electron chi connectivity index (χ0n) is 13.5. The molecule has 1 aromatic rings. The lowest BCUT2D eigenvalue weighted by molar-refractivity contribution is -0.0932. The molecule has 7 nitrogen and oxygen atoms in total. The van der Waals surface area contributed by atoms with E-state index in [4.69, 9.17) is 20.0 Å². The zero-order valence-corrected chi connectivity index (χ0v) is 13.5. The number of nitrogens with two attached hydrogens (primary N) is 1. The van der Waals surface area contributed by atoms with Crippen molar-refractivity contribution in [3.63, 3.8) is 0 Å². The maximum atomic E-state index is 6.16. The van der Waals surface area contributed by atoms with Gasteiger partial charge in [-0.25, -0.2) is 10.1 Å². The molecular weight excluding hydrogens is 296 g/mol. The van der Waals surface area contributed by atoms with Gasteiger partial charge in [0.25, 0.3) is 0 Å². The van der Waals surface area contributed by atoms with Gasteiger partial charge in [-0.1, -0.05) is 0 Å². The molecule has 2 aliphatic rings. The van der Waals surface area contributed by atoms with Gasteiger partial charge in [0.1, 0.15) is 18.3 Å². The fourth-order valence-corrected chi connectivity index (χ4v) is 2.77. The molecule has 0 aliphatic carbocycles. The van der Waals surface area contributed by atoms with Crippen LogP contribution < -0.4 is 10.5 Å². The molecule has 23 heavy (non-hydrogen) atoms. The van der Waals surface area contributed by atoms with Gasteiger partial charge in [-0.3, -0.25) is 9.74 Å². The minimum Gasteiger partial charge on any atom is -0.494 e. The molecule has 0 spiro atoms. The third-order valence-electron chi connectivity index (χ3n) is 4.10. The molecule has 1 aromatic carbocycles. The second-order valence-corrected chi connectivity index (χ2v) is 5.61. The molecule has 2 heterocycles. The van der Waals surface area contributed by atoms with Gasteiger partial charge in [0.15, 0.2) is 0 Å². The topological polar surface area (TPSA) is 72.5 Å². The monoisotopic (exact) mass is 320 g/mol. The van der Waals surface area contributed by atoms with Gasteiger partial charge in [0.05, 0.1) is 32.6 Å². The second-order valence-electron chi connectivity index (χ2n) is 5.61. The van der Waals surface area contributed by atoms with Gasteiger partial charge in [-0.15, -0.1) is 0 Å². The minimum atomic E-state index is -0.371. The average molecular weight is 320 g/mol. The maximum absolute atomic E-state index is 6.16. The summed E-state index contributed by atoms with van der Waals surface area (Å²) < 4.78 is 11.2. The van der Waals surface area contributed by atoms with E-state index >= 15 is 0 Å². The summed E-state index contributed by atoms with van der Waals surface area (Å²) in [6.45, 7) is 5.41. The maximum Gasteiger partial charge on any atom is 0.133 e. The van der Waals surface area contributed by atoms with Crippen molar-refractivity contribution in [2.45, 2.75) is 12.6 Å². The van der Waals surface area contributed by atoms with E-state index in [-0.39, 0.29) is 6.17 Å². The Kier molecular flexibility index (Phi) is 5.45. The summed E-state index contributed by atoms with van der Waals surface area (Å²) in [6.07, 6.45) is 2.21. The molecule has 0 amide bonds. The molecular formula is C16H24N4O3. The van der Waals surface area contributed by atoms with Crippen LogP contribution in [-0.4, -0.2) is 62.9 Å². The first-order valence-corrected chi connectivity index (χ1v) is 7.97. The number of fused-ring (bicyclic) bond motifs is 1. The Labute approximate surface area is 136 Å². The summed E-state index contributed by atoms with van der Waals surface area (Å²) in [7, 11) is 1.57. The molecule has 2 N–H and O–H groups in total. The van der Waals surface area contributed by atoms with Gasteiger partial charge < -0.3 is 15.2 Å². The summed E-state index contributed by atoms with van der Waals surface area (Å²) in [4.78, 5) is 11.9. The SMILES string of the molecule is CON1C=Nc2ccc(OCCCN3CCOCC3)cc2C1N. The fourth-order valence-electron chi connectivity index (χ4n) is 2.77. The van der Waals surface area contributed by atoms with E-state index in [9.17, 15) is 0 Å². The molecule has 0 aromatic heterocycles. The molecule has 3 rings (SSSR count). The van der Waals surface area contributed by atoms with Crippen molar-refractivity contribution >= 4 is 12.0 Å². The smallest absolute Gasteiger partial charge is 0.133 e. The minimum absolute atomic E-state index is 0.371. The van der Waals surface area contributed by atoms with E-state index in [0.717, 1.165) is 56.3 Å². The number of nitrogens with zero attached hydrogens (tertiary/aromatic N) is 3. The molecule has 1 unspecified atom stereocenters. The van der Waals surface area contributed by atoms with Crippen LogP contribution in [0.1, 0.15) is 18.2 Å².